The number of piperidine rings is 1. The maximum absolute atomic E-state index is 12.9. The van der Waals surface area contributed by atoms with Crippen LogP contribution in [-0.2, 0) is 10.0 Å². The molecule has 0 spiro atoms. The van der Waals surface area contributed by atoms with Crippen LogP contribution in [0.5, 0.6) is 0 Å². The van der Waals surface area contributed by atoms with Gasteiger partial charge < -0.3 is 4.90 Å². The van der Waals surface area contributed by atoms with Gasteiger partial charge in [0.05, 0.1) is 10.4 Å². The zero-order valence-corrected chi connectivity index (χ0v) is 13.8. The van der Waals surface area contributed by atoms with Crippen molar-refractivity contribution in [3.05, 3.63) is 36.5 Å². The second kappa shape index (κ2) is 5.95. The first-order valence-corrected chi connectivity index (χ1v) is 8.94. The van der Waals surface area contributed by atoms with E-state index in [2.05, 4.69) is 9.88 Å². The zero-order chi connectivity index (χ0) is 15.7. The van der Waals surface area contributed by atoms with Gasteiger partial charge in [-0.2, -0.15) is 4.31 Å². The number of likely N-dealkylation sites (N-methyl/N-ethyl adjacent to an activating group) is 1. The Kier molecular flexibility index (Phi) is 4.16. The molecule has 2 heterocycles. The Morgan fingerprint density at radius 3 is 2.86 bits per heavy atom. The molecule has 1 fully saturated rings. The number of nitrogens with zero attached hydrogens (tertiary/aromatic N) is 3. The molecule has 0 radical (unpaired) electrons. The molecule has 0 saturated carbocycles. The van der Waals surface area contributed by atoms with Crippen LogP contribution in [0.15, 0.2) is 41.4 Å². The summed E-state index contributed by atoms with van der Waals surface area (Å²) < 4.78 is 27.4. The first kappa shape index (κ1) is 15.4. The highest BCUT2D eigenvalue weighted by Gasteiger charge is 2.31. The Morgan fingerprint density at radius 1 is 1.27 bits per heavy atom. The predicted molar refractivity (Wildman–Crippen MR) is 87.2 cm³/mol. The van der Waals surface area contributed by atoms with Gasteiger partial charge in [0.15, 0.2) is 0 Å². The number of aromatic nitrogens is 1. The molecule has 3 rings (SSSR count). The monoisotopic (exact) mass is 319 g/mol. The second-order valence-corrected chi connectivity index (χ2v) is 7.92. The molecule has 5 nitrogen and oxygen atoms in total. The highest BCUT2D eigenvalue weighted by molar-refractivity contribution is 7.89. The van der Waals surface area contributed by atoms with E-state index in [0.29, 0.717) is 18.0 Å². The molecule has 1 aliphatic rings. The van der Waals surface area contributed by atoms with Gasteiger partial charge in [-0.15, -0.1) is 0 Å². The smallest absolute Gasteiger partial charge is 0.243 e. The normalized spacial score (nSPS) is 20.6. The Labute approximate surface area is 131 Å². The number of benzene rings is 1. The molecule has 2 aromatic rings. The SMILES string of the molecule is CN(C)C1CCCN(S(=O)(=O)c2ccc3ncccc3c2)C1. The minimum absolute atomic E-state index is 0.283. The van der Waals surface area contributed by atoms with Gasteiger partial charge in [-0.25, -0.2) is 8.42 Å². The van der Waals surface area contributed by atoms with Gasteiger partial charge in [0, 0.05) is 30.7 Å². The van der Waals surface area contributed by atoms with Crippen LogP contribution in [0.25, 0.3) is 10.9 Å². The first-order valence-electron chi connectivity index (χ1n) is 7.50. The number of fused-ring (bicyclic) bond motifs is 1. The summed E-state index contributed by atoms with van der Waals surface area (Å²) in [5.41, 5.74) is 0.811. The van der Waals surface area contributed by atoms with Crippen molar-refractivity contribution >= 4 is 20.9 Å². The second-order valence-electron chi connectivity index (χ2n) is 5.98. The van der Waals surface area contributed by atoms with Crippen molar-refractivity contribution in [1.29, 1.82) is 0 Å². The molecule has 6 heteroatoms. The fourth-order valence-electron chi connectivity index (χ4n) is 2.92. The van der Waals surface area contributed by atoms with Crippen molar-refractivity contribution in [2.45, 2.75) is 23.8 Å². The van der Waals surface area contributed by atoms with Crippen molar-refractivity contribution in [2.75, 3.05) is 27.2 Å². The summed E-state index contributed by atoms with van der Waals surface area (Å²) in [5, 5.41) is 0.852. The highest BCUT2D eigenvalue weighted by atomic mass is 32.2. The number of hydrogen-bond acceptors (Lipinski definition) is 4. The third-order valence-corrected chi connectivity index (χ3v) is 6.16. The van der Waals surface area contributed by atoms with E-state index < -0.39 is 10.0 Å². The summed E-state index contributed by atoms with van der Waals surface area (Å²) in [5.74, 6) is 0. The van der Waals surface area contributed by atoms with Crippen molar-refractivity contribution < 1.29 is 8.42 Å². The summed E-state index contributed by atoms with van der Waals surface area (Å²) >= 11 is 0. The number of pyridine rings is 1. The number of rotatable bonds is 3. The molecular weight excluding hydrogens is 298 g/mol. The lowest BCUT2D eigenvalue weighted by Crippen LogP contribution is -2.47. The van der Waals surface area contributed by atoms with E-state index in [0.717, 1.165) is 23.7 Å². The van der Waals surface area contributed by atoms with Crippen LogP contribution in [0.4, 0.5) is 0 Å². The van der Waals surface area contributed by atoms with Gasteiger partial charge in [0.2, 0.25) is 10.0 Å². The molecule has 22 heavy (non-hydrogen) atoms. The Balaban J connectivity index is 1.93. The van der Waals surface area contributed by atoms with Crippen LogP contribution >= 0.6 is 0 Å². The Bertz CT molecular complexity index is 774. The molecule has 1 saturated heterocycles. The van der Waals surface area contributed by atoms with Gasteiger partial charge in [0.1, 0.15) is 0 Å². The van der Waals surface area contributed by atoms with Gasteiger partial charge in [-0.3, -0.25) is 4.98 Å². The predicted octanol–water partition coefficient (Wildman–Crippen LogP) is 1.95. The first-order chi connectivity index (χ1) is 10.5. The van der Waals surface area contributed by atoms with Crippen molar-refractivity contribution in [2.24, 2.45) is 0 Å². The minimum atomic E-state index is -3.44. The molecular formula is C16H21N3O2S. The standard InChI is InChI=1S/C16H21N3O2S/c1-18(2)14-6-4-10-19(12-14)22(20,21)15-7-8-16-13(11-15)5-3-9-17-16/h3,5,7-9,11,14H,4,6,10,12H2,1-2H3. The summed E-state index contributed by atoms with van der Waals surface area (Å²) in [7, 11) is 0.564. The van der Waals surface area contributed by atoms with Gasteiger partial charge in [-0.05, 0) is 51.2 Å². The maximum Gasteiger partial charge on any atom is 0.243 e. The fraction of sp³-hybridized carbons (Fsp3) is 0.438. The van der Waals surface area contributed by atoms with Gasteiger partial charge in [0.25, 0.3) is 0 Å². The molecule has 0 bridgehead atoms. The van der Waals surface area contributed by atoms with E-state index in [1.807, 2.05) is 26.2 Å². The molecule has 1 unspecified atom stereocenters. The summed E-state index contributed by atoms with van der Waals surface area (Å²) in [6.07, 6.45) is 3.65. The zero-order valence-electron chi connectivity index (χ0n) is 12.9. The third-order valence-electron chi connectivity index (χ3n) is 4.30. The Hall–Kier alpha value is -1.50. The van der Waals surface area contributed by atoms with Crippen molar-refractivity contribution in [3.8, 4) is 0 Å². The maximum atomic E-state index is 12.9. The summed E-state index contributed by atoms with van der Waals surface area (Å²) in [6.45, 7) is 1.15. The lowest BCUT2D eigenvalue weighted by atomic mass is 10.1. The van der Waals surface area contributed by atoms with Crippen LogP contribution < -0.4 is 0 Å². The quantitative estimate of drug-likeness (QED) is 0.868. The topological polar surface area (TPSA) is 53.5 Å². The van der Waals surface area contributed by atoms with Crippen LogP contribution in [0, 0.1) is 0 Å². The Morgan fingerprint density at radius 2 is 2.09 bits per heavy atom. The van der Waals surface area contributed by atoms with Crippen LogP contribution in [0.2, 0.25) is 0 Å². The molecule has 1 aromatic heterocycles. The largest absolute Gasteiger partial charge is 0.305 e. The number of hydrogen-bond donors (Lipinski definition) is 0. The van der Waals surface area contributed by atoms with Gasteiger partial charge >= 0.3 is 0 Å². The molecule has 118 valence electrons. The van der Waals surface area contributed by atoms with E-state index in [-0.39, 0.29) is 6.04 Å². The lowest BCUT2D eigenvalue weighted by molar-refractivity contribution is 0.190. The molecule has 1 aromatic carbocycles. The van der Waals surface area contributed by atoms with Crippen molar-refractivity contribution in [3.63, 3.8) is 0 Å². The number of sulfonamides is 1. The van der Waals surface area contributed by atoms with E-state index in [9.17, 15) is 8.42 Å². The molecule has 1 atom stereocenters. The average molecular weight is 319 g/mol. The summed E-state index contributed by atoms with van der Waals surface area (Å²) in [6, 6.07) is 9.14. The molecule has 0 aliphatic carbocycles. The molecule has 1 aliphatic heterocycles. The fourth-order valence-corrected chi connectivity index (χ4v) is 4.48. The molecule has 0 amide bonds. The van der Waals surface area contributed by atoms with Gasteiger partial charge in [-0.1, -0.05) is 6.07 Å². The van der Waals surface area contributed by atoms with E-state index >= 15 is 0 Å². The van der Waals surface area contributed by atoms with E-state index in [1.165, 1.54) is 0 Å². The average Bonchev–Trinajstić information content (AvgIpc) is 2.54. The van der Waals surface area contributed by atoms with Crippen LogP contribution in [0.1, 0.15) is 12.8 Å². The van der Waals surface area contributed by atoms with E-state index in [4.69, 9.17) is 0 Å². The minimum Gasteiger partial charge on any atom is -0.305 e. The highest BCUT2D eigenvalue weighted by Crippen LogP contribution is 2.24. The van der Waals surface area contributed by atoms with Crippen LogP contribution in [0.3, 0.4) is 0 Å². The molecule has 0 N–H and O–H groups in total. The summed E-state index contributed by atoms with van der Waals surface area (Å²) in [4.78, 5) is 6.69. The third kappa shape index (κ3) is 2.86. The van der Waals surface area contributed by atoms with Crippen molar-refractivity contribution in [1.82, 2.24) is 14.2 Å². The van der Waals surface area contributed by atoms with E-state index in [1.54, 1.807) is 28.7 Å². The van der Waals surface area contributed by atoms with Crippen LogP contribution in [-0.4, -0.2) is 55.8 Å². The lowest BCUT2D eigenvalue weighted by Gasteiger charge is -2.35.